The third kappa shape index (κ3) is 7.76. The molecular weight excluding hydrogens is 878 g/mol. The topological polar surface area (TPSA) is 50.9 Å². The molecule has 8 rings (SSSR count). The molecule has 2 heterocycles. The summed E-state index contributed by atoms with van der Waals surface area (Å²) >= 11 is 0. The standard InChI is InChI=1S/C52H48N3O.Pt/c1-32(2)38-21-22-47(44(30-38)37-13-10-9-11-14-37)55-48-16-12-15-43(49(48)54-51(55)45-26-34(4)25-35(5)50(45)56)40-27-41(29-42(28-40)52(6,7)8)46-31-39(23-24-53-46)36-19-17-33(3)18-20-36;/h9-26,28-32,56H,1-8H3;/q-1;/i3D3,17D,18D,19D,20D,32D;. The summed E-state index contributed by atoms with van der Waals surface area (Å²) < 4.78 is 69.3. The maximum atomic E-state index is 11.7. The van der Waals surface area contributed by atoms with Crippen molar-refractivity contribution in [2.24, 2.45) is 0 Å². The summed E-state index contributed by atoms with van der Waals surface area (Å²) in [5.41, 5.74) is 10.1. The third-order valence-corrected chi connectivity index (χ3v) is 10.2. The van der Waals surface area contributed by atoms with E-state index in [9.17, 15) is 5.11 Å². The molecule has 5 heteroatoms. The van der Waals surface area contributed by atoms with Crippen LogP contribution >= 0.6 is 0 Å². The Morgan fingerprint density at radius 3 is 2.23 bits per heavy atom. The zero-order valence-electron chi connectivity index (χ0n) is 41.0. The zero-order valence-corrected chi connectivity index (χ0v) is 35.3. The molecule has 8 aromatic rings. The van der Waals surface area contributed by atoms with Crippen LogP contribution in [0.5, 0.6) is 5.75 Å². The van der Waals surface area contributed by atoms with Crippen molar-refractivity contribution in [2.75, 3.05) is 0 Å². The summed E-state index contributed by atoms with van der Waals surface area (Å²) in [6.45, 7) is 11.1. The fraction of sp³-hybridized carbons (Fsp3) is 0.192. The number of rotatable bonds is 7. The van der Waals surface area contributed by atoms with Crippen LogP contribution in [0, 0.1) is 26.8 Å². The van der Waals surface area contributed by atoms with E-state index in [0.717, 1.165) is 55.7 Å². The van der Waals surface area contributed by atoms with E-state index in [-0.39, 0.29) is 37.8 Å². The van der Waals surface area contributed by atoms with Crippen molar-refractivity contribution in [1.82, 2.24) is 14.5 Å². The number of pyridine rings is 1. The SMILES string of the molecule is [2H]c1c([2H])c(C([2H])([2H])[2H])c([2H])c([2H])c1-c1ccnc(-c2[c-]c(-c3cccc4c3nc(-c3cc(C)cc(C)c3O)n4-c3ccc(C([2H])(C)C)cc3-c3ccccc3)cc(C(C)(C)C)c2)c1.[Pt]. The van der Waals surface area contributed by atoms with Gasteiger partial charge in [0.05, 0.1) is 27.8 Å². The van der Waals surface area contributed by atoms with E-state index in [0.29, 0.717) is 33.7 Å². The van der Waals surface area contributed by atoms with Gasteiger partial charge < -0.3 is 5.11 Å². The van der Waals surface area contributed by atoms with Crippen molar-refractivity contribution < 1.29 is 37.1 Å². The van der Waals surface area contributed by atoms with Crippen LogP contribution < -0.4 is 0 Å². The minimum absolute atomic E-state index is 0. The Balaban J connectivity index is 0.00000630. The molecule has 0 atom stereocenters. The smallest absolute Gasteiger partial charge is 0.148 e. The number of hydrogen-bond acceptors (Lipinski definition) is 3. The predicted octanol–water partition coefficient (Wildman–Crippen LogP) is 13.6. The van der Waals surface area contributed by atoms with Gasteiger partial charge in [0.2, 0.25) is 0 Å². The number of aromatic nitrogens is 3. The Kier molecular flexibility index (Phi) is 8.44. The second-order valence-corrected chi connectivity index (χ2v) is 15.6. The van der Waals surface area contributed by atoms with Crippen molar-refractivity contribution in [3.63, 3.8) is 0 Å². The van der Waals surface area contributed by atoms with Crippen LogP contribution in [0.25, 0.3) is 72.7 Å². The van der Waals surface area contributed by atoms with Crippen LogP contribution in [0.4, 0.5) is 0 Å². The van der Waals surface area contributed by atoms with Crippen LogP contribution in [0.15, 0.2) is 133 Å². The number of imidazole rings is 1. The van der Waals surface area contributed by atoms with E-state index in [4.69, 9.17) is 20.9 Å². The van der Waals surface area contributed by atoms with Crippen molar-refractivity contribution in [3.05, 3.63) is 167 Å². The second-order valence-electron chi connectivity index (χ2n) is 15.6. The summed E-state index contributed by atoms with van der Waals surface area (Å²) in [6.07, 6.45) is 1.54. The number of nitrogens with zero attached hydrogens (tertiary/aromatic N) is 3. The average molecular weight is 934 g/mol. The summed E-state index contributed by atoms with van der Waals surface area (Å²) in [4.78, 5) is 10.1. The van der Waals surface area contributed by atoms with Crippen molar-refractivity contribution in [1.29, 1.82) is 0 Å². The Bertz CT molecular complexity index is 3120. The van der Waals surface area contributed by atoms with Crippen molar-refractivity contribution >= 4 is 11.0 Å². The molecule has 57 heavy (non-hydrogen) atoms. The summed E-state index contributed by atoms with van der Waals surface area (Å²) in [5, 5.41) is 11.7. The Hall–Kier alpha value is -5.57. The molecule has 0 bridgehead atoms. The molecule has 288 valence electrons. The van der Waals surface area contributed by atoms with E-state index in [1.54, 1.807) is 12.1 Å². The zero-order chi connectivity index (χ0) is 46.2. The second kappa shape index (κ2) is 15.8. The maximum absolute atomic E-state index is 11.7. The molecule has 0 saturated carbocycles. The minimum Gasteiger partial charge on any atom is -0.507 e. The van der Waals surface area contributed by atoms with Gasteiger partial charge in [-0.1, -0.05) is 136 Å². The van der Waals surface area contributed by atoms with E-state index >= 15 is 0 Å². The van der Waals surface area contributed by atoms with Gasteiger partial charge in [0.15, 0.2) is 0 Å². The average Bonchev–Trinajstić information content (AvgIpc) is 3.63. The largest absolute Gasteiger partial charge is 0.507 e. The molecule has 1 N–H and O–H groups in total. The fourth-order valence-corrected chi connectivity index (χ4v) is 7.24. The van der Waals surface area contributed by atoms with Crippen LogP contribution in [0.1, 0.15) is 79.3 Å². The van der Waals surface area contributed by atoms with Crippen LogP contribution in [0.3, 0.4) is 0 Å². The molecule has 2 aromatic heterocycles. The molecule has 0 aliphatic heterocycles. The molecule has 0 fully saturated rings. The van der Waals surface area contributed by atoms with Crippen molar-refractivity contribution in [3.8, 4) is 67.5 Å². The summed E-state index contributed by atoms with van der Waals surface area (Å²) in [6, 6.07) is 34.9. The van der Waals surface area contributed by atoms with Gasteiger partial charge in [0.25, 0.3) is 0 Å². The monoisotopic (exact) mass is 933 g/mol. The number of benzene rings is 6. The summed E-state index contributed by atoms with van der Waals surface area (Å²) in [7, 11) is 0. The molecule has 0 aliphatic carbocycles. The van der Waals surface area contributed by atoms with Crippen LogP contribution in [-0.4, -0.2) is 19.6 Å². The summed E-state index contributed by atoms with van der Waals surface area (Å²) in [5.74, 6) is -0.209. The first kappa shape index (κ1) is 30.6. The van der Waals surface area contributed by atoms with E-state index in [2.05, 4.69) is 55.7 Å². The van der Waals surface area contributed by atoms with Gasteiger partial charge in [0, 0.05) is 44.0 Å². The first-order valence-electron chi connectivity index (χ1n) is 22.7. The van der Waals surface area contributed by atoms with E-state index < -0.39 is 42.5 Å². The van der Waals surface area contributed by atoms with E-state index in [1.807, 2.05) is 94.4 Å². The third-order valence-electron chi connectivity index (χ3n) is 10.2. The number of phenolic OH excluding ortho intramolecular Hbond substituents is 1. The molecular formula is C52H48N3OPt-. The number of fused-ring (bicyclic) bond motifs is 1. The molecule has 0 aliphatic rings. The van der Waals surface area contributed by atoms with Crippen LogP contribution in [-0.2, 0) is 26.5 Å². The van der Waals surface area contributed by atoms with Gasteiger partial charge >= 0.3 is 0 Å². The number of hydrogen-bond donors (Lipinski definition) is 1. The first-order valence-corrected chi connectivity index (χ1v) is 18.7. The molecule has 0 radical (unpaired) electrons. The number of para-hydroxylation sites is 1. The van der Waals surface area contributed by atoms with Gasteiger partial charge in [-0.05, 0) is 95.7 Å². The van der Waals surface area contributed by atoms with Crippen molar-refractivity contribution in [2.45, 2.75) is 66.6 Å². The molecule has 0 spiro atoms. The van der Waals surface area contributed by atoms with Gasteiger partial charge in [-0.25, -0.2) is 4.98 Å². The van der Waals surface area contributed by atoms with Gasteiger partial charge in [-0.3, -0.25) is 9.55 Å². The molecule has 0 unspecified atom stereocenters. The molecule has 4 nitrogen and oxygen atoms in total. The fourth-order valence-electron chi connectivity index (χ4n) is 7.24. The Morgan fingerprint density at radius 2 is 1.51 bits per heavy atom. The Labute approximate surface area is 362 Å². The van der Waals surface area contributed by atoms with Crippen LogP contribution in [0.2, 0.25) is 0 Å². The first-order chi connectivity index (χ1) is 30.0. The normalized spacial score (nSPS) is 14.0. The Morgan fingerprint density at radius 1 is 0.754 bits per heavy atom. The number of aryl methyl sites for hydroxylation is 2. The number of aromatic hydroxyl groups is 1. The number of phenols is 1. The molecule has 6 aromatic carbocycles. The predicted molar refractivity (Wildman–Crippen MR) is 234 cm³/mol. The van der Waals surface area contributed by atoms with Gasteiger partial charge in [-0.15, -0.1) is 29.3 Å². The molecule has 0 amide bonds. The van der Waals surface area contributed by atoms with Gasteiger partial charge in [-0.2, -0.15) is 0 Å². The quantitative estimate of drug-likeness (QED) is 0.162. The molecule has 0 saturated heterocycles. The minimum atomic E-state index is -2.83. The van der Waals surface area contributed by atoms with E-state index in [1.165, 1.54) is 6.20 Å². The maximum Gasteiger partial charge on any atom is 0.148 e. The van der Waals surface area contributed by atoms with Gasteiger partial charge in [0.1, 0.15) is 11.6 Å².